The molecule has 0 radical (unpaired) electrons. The summed E-state index contributed by atoms with van der Waals surface area (Å²) in [4.78, 5) is 80.0. The summed E-state index contributed by atoms with van der Waals surface area (Å²) < 4.78 is 20.3. The number of aromatic nitrogens is 2. The Labute approximate surface area is 537 Å². The van der Waals surface area contributed by atoms with Crippen molar-refractivity contribution in [2.24, 2.45) is 23.7 Å². The summed E-state index contributed by atoms with van der Waals surface area (Å²) in [5, 5.41) is 46.1. The Balaban J connectivity index is 0.000000174. The zero-order valence-corrected chi connectivity index (χ0v) is 52.8. The monoisotopic (exact) mass is 1260 g/mol. The lowest BCUT2D eigenvalue weighted by Crippen LogP contribution is -2.73. The van der Waals surface area contributed by atoms with Gasteiger partial charge in [0.2, 0.25) is 11.6 Å². The van der Waals surface area contributed by atoms with Gasteiger partial charge in [0.1, 0.15) is 39.9 Å². The van der Waals surface area contributed by atoms with Gasteiger partial charge >= 0.3 is 0 Å². The van der Waals surface area contributed by atoms with Gasteiger partial charge in [0.15, 0.2) is 40.1 Å². The Morgan fingerprint density at radius 2 is 0.945 bits per heavy atom. The molecule has 6 aliphatic rings. The van der Waals surface area contributed by atoms with Crippen LogP contribution in [0.15, 0.2) is 177 Å². The molecule has 2 aromatic heterocycles. The van der Waals surface area contributed by atoms with Crippen LogP contribution in [0.5, 0.6) is 11.8 Å². The SMILES string of the molecule is C.Cc1cccc2c1C(=O)[C@@]1(Sc3ccccc3)C(=O)[C@]3(O)C(=O)c4c(OCc5ccccc5)noc4[C@@H](N(C)C)[C@@H]3C[C@H]1[C@H]2C.Cc1cccc2c1[C@@H](O)[C@@]1(Sc3ccccc3)C(=O)[C@]3(O)C(=O)c4c(OCc5ccccc5)noc4[C@@H](N(C)C)[C@@H]3C[C@H]1[C@H]2C. The van der Waals surface area contributed by atoms with Crippen molar-refractivity contribution in [3.8, 4) is 11.8 Å². The molecule has 3 N–H and O–H groups in total. The predicted octanol–water partition coefficient (Wildman–Crippen LogP) is 12.1. The topological polar surface area (TPSA) is 223 Å². The predicted molar refractivity (Wildman–Crippen MR) is 344 cm³/mol. The lowest BCUT2D eigenvalue weighted by Gasteiger charge is -2.59. The molecular formula is C73H74N4O12S2. The van der Waals surface area contributed by atoms with Gasteiger partial charge < -0.3 is 33.8 Å². The zero-order chi connectivity index (χ0) is 63.3. The Bertz CT molecular complexity index is 4120. The highest BCUT2D eigenvalue weighted by atomic mass is 32.2. The number of carbonyl (C=O) groups is 5. The number of aliphatic hydroxyl groups excluding tert-OH is 1. The molecule has 6 aromatic carbocycles. The van der Waals surface area contributed by atoms with Crippen molar-refractivity contribution in [1.82, 2.24) is 20.1 Å². The number of ether oxygens (including phenoxy) is 2. The van der Waals surface area contributed by atoms with E-state index in [2.05, 4.69) is 17.2 Å². The first-order valence-electron chi connectivity index (χ1n) is 30.4. The maximum atomic E-state index is 15.4. The number of nitrogens with zero attached hydrogens (tertiary/aromatic N) is 4. The molecule has 470 valence electrons. The molecule has 0 amide bonds. The quantitative estimate of drug-likeness (QED) is 0.0967. The third-order valence-electron chi connectivity index (χ3n) is 20.1. The van der Waals surface area contributed by atoms with E-state index >= 15 is 9.59 Å². The largest absolute Gasteiger partial charge is 0.470 e. The molecule has 0 spiro atoms. The maximum Gasteiger partial charge on any atom is 0.265 e. The molecule has 2 fully saturated rings. The molecule has 0 aliphatic heterocycles. The van der Waals surface area contributed by atoms with Crippen molar-refractivity contribution in [2.45, 2.75) is 122 Å². The van der Waals surface area contributed by atoms with Gasteiger partial charge in [-0.3, -0.25) is 33.8 Å². The molecule has 6 aliphatic carbocycles. The minimum absolute atomic E-state index is 0. The van der Waals surface area contributed by atoms with Crippen LogP contribution in [0.4, 0.5) is 0 Å². The highest BCUT2D eigenvalue weighted by molar-refractivity contribution is 8.02. The molecule has 0 saturated heterocycles. The molecule has 2 heterocycles. The van der Waals surface area contributed by atoms with E-state index in [9.17, 15) is 29.7 Å². The number of aliphatic hydroxyl groups is 3. The van der Waals surface area contributed by atoms with Crippen LogP contribution in [0.3, 0.4) is 0 Å². The second-order valence-electron chi connectivity index (χ2n) is 25.4. The smallest absolute Gasteiger partial charge is 0.265 e. The number of fused-ring (bicyclic) bond motifs is 8. The van der Waals surface area contributed by atoms with E-state index in [-0.39, 0.29) is 79.1 Å². The van der Waals surface area contributed by atoms with E-state index in [1.165, 1.54) is 11.8 Å². The summed E-state index contributed by atoms with van der Waals surface area (Å²) in [6.07, 6.45) is -0.735. The van der Waals surface area contributed by atoms with Crippen LogP contribution in [0.2, 0.25) is 0 Å². The molecule has 0 bridgehead atoms. The summed E-state index contributed by atoms with van der Waals surface area (Å²) >= 11 is 2.41. The number of aryl methyl sites for hydroxylation is 2. The van der Waals surface area contributed by atoms with E-state index in [1.54, 1.807) is 0 Å². The lowest BCUT2D eigenvalue weighted by atomic mass is 9.51. The maximum absolute atomic E-state index is 15.4. The van der Waals surface area contributed by atoms with E-state index in [4.69, 9.17) is 18.5 Å². The summed E-state index contributed by atoms with van der Waals surface area (Å²) in [6.45, 7) is 8.14. The van der Waals surface area contributed by atoms with Gasteiger partial charge in [-0.25, -0.2) is 0 Å². The fraction of sp³-hybridized carbons (Fsp3) is 0.356. The number of rotatable bonds is 12. The number of benzene rings is 6. The number of hydrogen-bond acceptors (Lipinski definition) is 18. The lowest BCUT2D eigenvalue weighted by molar-refractivity contribution is -0.160. The fourth-order valence-corrected chi connectivity index (χ4v) is 19.0. The zero-order valence-electron chi connectivity index (χ0n) is 51.2. The summed E-state index contributed by atoms with van der Waals surface area (Å²) in [7, 11) is 7.30. The average Bonchev–Trinajstić information content (AvgIpc) is 1.47. The van der Waals surface area contributed by atoms with E-state index in [0.717, 1.165) is 50.0 Å². The summed E-state index contributed by atoms with van der Waals surface area (Å²) in [6, 6.07) is 47.9. The highest BCUT2D eigenvalue weighted by Crippen LogP contribution is 2.67. The van der Waals surface area contributed by atoms with Crippen LogP contribution in [-0.4, -0.2) is 113 Å². The van der Waals surface area contributed by atoms with Gasteiger partial charge in [-0.05, 0) is 152 Å². The van der Waals surface area contributed by atoms with Crippen molar-refractivity contribution in [2.75, 3.05) is 28.2 Å². The van der Waals surface area contributed by atoms with Gasteiger partial charge in [0.25, 0.3) is 11.8 Å². The molecule has 18 heteroatoms. The third-order valence-corrected chi connectivity index (χ3v) is 23.1. The number of thioether (sulfide) groups is 2. The molecule has 91 heavy (non-hydrogen) atoms. The van der Waals surface area contributed by atoms with Crippen molar-refractivity contribution in [3.63, 3.8) is 0 Å². The molecule has 8 aromatic rings. The van der Waals surface area contributed by atoms with Crippen LogP contribution < -0.4 is 9.47 Å². The van der Waals surface area contributed by atoms with E-state index in [1.807, 2.05) is 216 Å². The Morgan fingerprint density at radius 1 is 0.516 bits per heavy atom. The first-order chi connectivity index (χ1) is 43.2. The second-order valence-corrected chi connectivity index (χ2v) is 28.0. The van der Waals surface area contributed by atoms with E-state index in [0.29, 0.717) is 22.4 Å². The van der Waals surface area contributed by atoms with Crippen molar-refractivity contribution < 1.29 is 57.8 Å². The van der Waals surface area contributed by atoms with Crippen LogP contribution in [0, 0.1) is 37.5 Å². The molecule has 14 rings (SSSR count). The van der Waals surface area contributed by atoms with E-state index < -0.39 is 85.7 Å². The minimum atomic E-state index is -2.52. The van der Waals surface area contributed by atoms with Crippen molar-refractivity contribution in [1.29, 1.82) is 0 Å². The van der Waals surface area contributed by atoms with Gasteiger partial charge in [-0.15, -0.1) is 23.5 Å². The number of Topliss-reactive ketones (excluding diaryl/α,β-unsaturated/α-hetero) is 5. The van der Waals surface area contributed by atoms with Crippen LogP contribution in [0.25, 0.3) is 0 Å². The fourth-order valence-electron chi connectivity index (χ4n) is 15.8. The van der Waals surface area contributed by atoms with Gasteiger partial charge in [-0.2, -0.15) is 0 Å². The molecule has 0 unspecified atom stereocenters. The number of hydrogen-bond donors (Lipinski definition) is 3. The minimum Gasteiger partial charge on any atom is -0.470 e. The molecule has 16 nitrogen and oxygen atoms in total. The number of carbonyl (C=O) groups excluding carboxylic acids is 5. The average molecular weight is 1260 g/mol. The summed E-state index contributed by atoms with van der Waals surface area (Å²) in [5.74, 6) is -6.06. The standard InChI is InChI=1S/C36H36N2O6S.C36H34N2O6S.CH4/c2*1-20-12-11-17-24-21(2)25-18-26-29(38(3)4)30-28(33(37-44-30)43-19-22-13-7-5-8-14-22)31(39)35(26,42)34(41)36(25,32(40)27(20)24)45-23-15-9-6-10-16-23;/h5-17,21,25-26,29,32,40,42H,18-19H2,1-4H3;5-17,21,25-26,29,42H,18-19H2,1-4H3;1H4/t21-,25-,26-,29-,32+,35+,36+;21-,25-,26-,29-,35+,36+;/m00./s1. The third kappa shape index (κ3) is 9.64. The van der Waals surface area contributed by atoms with Crippen LogP contribution in [0.1, 0.15) is 146 Å². The molecule has 13 atom stereocenters. The summed E-state index contributed by atoms with van der Waals surface area (Å²) in [5.41, 5.74) is 1.32. The second kappa shape index (κ2) is 24.0. The van der Waals surface area contributed by atoms with Crippen molar-refractivity contribution in [3.05, 3.63) is 225 Å². The highest BCUT2D eigenvalue weighted by Gasteiger charge is 2.76. The number of ketones is 5. The first-order valence-corrected chi connectivity index (χ1v) is 32.0. The van der Waals surface area contributed by atoms with Gasteiger partial charge in [0, 0.05) is 27.2 Å². The Hall–Kier alpha value is -7.81. The first kappa shape index (κ1) is 63.3. The normalized spacial score (nSPS) is 29.2. The Kier molecular flexibility index (Phi) is 16.7. The molecule has 2 saturated carbocycles. The van der Waals surface area contributed by atoms with Crippen LogP contribution in [-0.2, 0) is 22.8 Å². The molecular weight excluding hydrogens is 1190 g/mol. The Morgan fingerprint density at radius 3 is 1.44 bits per heavy atom. The van der Waals surface area contributed by atoms with Gasteiger partial charge in [-0.1, -0.05) is 155 Å². The van der Waals surface area contributed by atoms with Crippen molar-refractivity contribution >= 4 is 52.4 Å². The van der Waals surface area contributed by atoms with Gasteiger partial charge in [0.05, 0.1) is 12.1 Å². The van der Waals surface area contributed by atoms with Crippen LogP contribution >= 0.6 is 23.5 Å².